The number of rotatable bonds is 5. The van der Waals surface area contributed by atoms with Gasteiger partial charge in [-0.05, 0) is 60.0 Å². The maximum atomic E-state index is 13.4. The van der Waals surface area contributed by atoms with Crippen molar-refractivity contribution in [3.8, 4) is 0 Å². The van der Waals surface area contributed by atoms with Gasteiger partial charge in [-0.3, -0.25) is 0 Å². The molecule has 0 aliphatic heterocycles. The molecule has 0 unspecified atom stereocenters. The minimum Gasteiger partial charge on any atom is -0.340 e. The molecule has 0 aliphatic rings. The van der Waals surface area contributed by atoms with E-state index in [1.807, 2.05) is 48.5 Å². The fourth-order valence-corrected chi connectivity index (χ4v) is 4.99. The lowest BCUT2D eigenvalue weighted by Crippen LogP contribution is -2.06. The molecule has 3 aromatic carbocycles. The number of hydrogen-bond donors (Lipinski definition) is 1. The highest BCUT2D eigenvalue weighted by Crippen LogP contribution is 2.30. The van der Waals surface area contributed by atoms with Crippen molar-refractivity contribution in [2.24, 2.45) is 0 Å². The lowest BCUT2D eigenvalue weighted by molar-refractivity contribution is 0.592. The first kappa shape index (κ1) is 21.4. The third-order valence-corrected chi connectivity index (χ3v) is 7.36. The Labute approximate surface area is 196 Å². The van der Waals surface area contributed by atoms with Gasteiger partial charge in [-0.15, -0.1) is 5.10 Å². The summed E-state index contributed by atoms with van der Waals surface area (Å²) < 4.78 is 28.3. The summed E-state index contributed by atoms with van der Waals surface area (Å²) in [7, 11) is -3.93. The summed E-state index contributed by atoms with van der Waals surface area (Å²) in [5.41, 5.74) is 2.66. The summed E-state index contributed by atoms with van der Waals surface area (Å²) >= 11 is 6.00. The second-order valence-electron chi connectivity index (χ2n) is 7.97. The summed E-state index contributed by atoms with van der Waals surface area (Å²) in [5, 5.41) is 12.6. The molecule has 0 amide bonds. The van der Waals surface area contributed by atoms with E-state index in [-0.39, 0.29) is 15.6 Å². The molecule has 0 atom stereocenters. The zero-order valence-corrected chi connectivity index (χ0v) is 19.5. The lowest BCUT2D eigenvalue weighted by Gasteiger charge is -2.11. The Morgan fingerprint density at radius 2 is 1.64 bits per heavy atom. The van der Waals surface area contributed by atoms with E-state index in [2.05, 4.69) is 34.5 Å². The van der Waals surface area contributed by atoms with E-state index in [0.29, 0.717) is 22.3 Å². The van der Waals surface area contributed by atoms with Gasteiger partial charge >= 0.3 is 0 Å². The van der Waals surface area contributed by atoms with Gasteiger partial charge in [-0.1, -0.05) is 54.9 Å². The van der Waals surface area contributed by atoms with Crippen LogP contribution >= 0.6 is 11.6 Å². The molecule has 0 saturated carbocycles. The van der Waals surface area contributed by atoms with Gasteiger partial charge in [0.25, 0.3) is 0 Å². The van der Waals surface area contributed by atoms with E-state index in [0.717, 1.165) is 16.6 Å². The molecular weight excluding hydrogens is 458 g/mol. The molecule has 5 rings (SSSR count). The molecule has 166 valence electrons. The summed E-state index contributed by atoms with van der Waals surface area (Å²) in [6.45, 7) is 4.11. The third-order valence-electron chi connectivity index (χ3n) is 5.44. The highest BCUT2D eigenvalue weighted by Gasteiger charge is 2.27. The zero-order chi connectivity index (χ0) is 23.2. The number of fused-ring (bicyclic) bond motifs is 3. The molecule has 0 fully saturated rings. The SMILES string of the molecule is CC(C)c1ccc(S(=O)(=O)c2nnn3c2nc(Nc2ccc(Cl)cc2)c2ccccc23)cc1. The van der Waals surface area contributed by atoms with Crippen LogP contribution in [-0.4, -0.2) is 28.2 Å². The molecular formula is C24H20ClN5O2S. The van der Waals surface area contributed by atoms with E-state index < -0.39 is 9.84 Å². The summed E-state index contributed by atoms with van der Waals surface area (Å²) in [6, 6.07) is 21.5. The molecule has 2 aromatic heterocycles. The van der Waals surface area contributed by atoms with Crippen LogP contribution in [0.5, 0.6) is 0 Å². The topological polar surface area (TPSA) is 89.2 Å². The van der Waals surface area contributed by atoms with Gasteiger partial charge in [0.05, 0.1) is 10.4 Å². The van der Waals surface area contributed by atoms with Crippen LogP contribution in [0.4, 0.5) is 11.5 Å². The van der Waals surface area contributed by atoms with Crippen molar-refractivity contribution >= 4 is 49.5 Å². The quantitative estimate of drug-likeness (QED) is 0.353. The molecule has 0 bridgehead atoms. The van der Waals surface area contributed by atoms with Crippen LogP contribution in [0.15, 0.2) is 82.7 Å². The normalized spacial score (nSPS) is 12.0. The molecule has 1 N–H and O–H groups in total. The van der Waals surface area contributed by atoms with Gasteiger partial charge < -0.3 is 5.32 Å². The molecule has 5 aromatic rings. The Hall–Kier alpha value is -3.49. The first-order valence-electron chi connectivity index (χ1n) is 10.4. The Morgan fingerprint density at radius 1 is 0.939 bits per heavy atom. The van der Waals surface area contributed by atoms with Crippen molar-refractivity contribution in [3.05, 3.63) is 83.4 Å². The second-order valence-corrected chi connectivity index (χ2v) is 10.3. The molecule has 33 heavy (non-hydrogen) atoms. The van der Waals surface area contributed by atoms with Crippen molar-refractivity contribution in [1.82, 2.24) is 19.8 Å². The van der Waals surface area contributed by atoms with Crippen LogP contribution in [0, 0.1) is 0 Å². The minimum absolute atomic E-state index is 0.150. The van der Waals surface area contributed by atoms with E-state index in [1.54, 1.807) is 24.3 Å². The Kier molecular flexibility index (Phi) is 5.26. The molecule has 0 saturated heterocycles. The number of halogens is 1. The van der Waals surface area contributed by atoms with Crippen LogP contribution < -0.4 is 5.32 Å². The number of sulfone groups is 1. The molecule has 9 heteroatoms. The fourth-order valence-electron chi connectivity index (χ4n) is 3.63. The van der Waals surface area contributed by atoms with Crippen LogP contribution in [0.1, 0.15) is 25.3 Å². The maximum Gasteiger partial charge on any atom is 0.229 e. The van der Waals surface area contributed by atoms with Crippen molar-refractivity contribution < 1.29 is 8.42 Å². The van der Waals surface area contributed by atoms with Crippen molar-refractivity contribution in [2.45, 2.75) is 29.7 Å². The van der Waals surface area contributed by atoms with Gasteiger partial charge in [0.1, 0.15) is 5.82 Å². The predicted octanol–water partition coefficient (Wildman–Crippen LogP) is 5.63. The lowest BCUT2D eigenvalue weighted by atomic mass is 10.0. The van der Waals surface area contributed by atoms with Crippen LogP contribution in [0.2, 0.25) is 5.02 Å². The smallest absolute Gasteiger partial charge is 0.229 e. The Bertz CT molecular complexity index is 1580. The van der Waals surface area contributed by atoms with Gasteiger partial charge in [-0.25, -0.2) is 13.4 Å². The number of aromatic nitrogens is 4. The van der Waals surface area contributed by atoms with Gasteiger partial charge in [0.15, 0.2) is 5.65 Å². The number of nitrogens with one attached hydrogen (secondary N) is 1. The molecule has 0 radical (unpaired) electrons. The van der Waals surface area contributed by atoms with Gasteiger partial charge in [0, 0.05) is 16.1 Å². The largest absolute Gasteiger partial charge is 0.340 e. The summed E-state index contributed by atoms with van der Waals surface area (Å²) in [5.74, 6) is 0.792. The van der Waals surface area contributed by atoms with Gasteiger partial charge in [-0.2, -0.15) is 4.52 Å². The van der Waals surface area contributed by atoms with Crippen LogP contribution in [-0.2, 0) is 9.84 Å². The molecule has 2 heterocycles. The fraction of sp³-hybridized carbons (Fsp3) is 0.125. The molecule has 7 nitrogen and oxygen atoms in total. The molecule has 0 spiro atoms. The van der Waals surface area contributed by atoms with Crippen LogP contribution in [0.3, 0.4) is 0 Å². The van der Waals surface area contributed by atoms with E-state index in [1.165, 1.54) is 4.52 Å². The van der Waals surface area contributed by atoms with Gasteiger partial charge in [0.2, 0.25) is 14.9 Å². The number of anilines is 2. The summed E-state index contributed by atoms with van der Waals surface area (Å²) in [4.78, 5) is 4.78. The first-order valence-corrected chi connectivity index (χ1v) is 12.2. The Balaban J connectivity index is 1.68. The third kappa shape index (κ3) is 3.81. The average Bonchev–Trinajstić information content (AvgIpc) is 3.26. The first-order chi connectivity index (χ1) is 15.8. The van der Waals surface area contributed by atoms with Crippen molar-refractivity contribution in [2.75, 3.05) is 5.32 Å². The van der Waals surface area contributed by atoms with Crippen molar-refractivity contribution in [1.29, 1.82) is 0 Å². The highest BCUT2D eigenvalue weighted by atomic mass is 35.5. The number of hydrogen-bond acceptors (Lipinski definition) is 6. The monoisotopic (exact) mass is 477 g/mol. The Morgan fingerprint density at radius 3 is 2.33 bits per heavy atom. The van der Waals surface area contributed by atoms with E-state index in [9.17, 15) is 8.42 Å². The van der Waals surface area contributed by atoms with E-state index >= 15 is 0 Å². The standard InChI is InChI=1S/C24H20ClN5O2S/c1-15(2)16-7-13-19(14-8-16)33(31,32)24-23-27-22(26-18-11-9-17(25)10-12-18)20-5-3-4-6-21(20)30(23)29-28-24/h3-15H,1-2H3,(H,26,27). The van der Waals surface area contributed by atoms with Crippen LogP contribution in [0.25, 0.3) is 16.6 Å². The number of para-hydroxylation sites is 1. The zero-order valence-electron chi connectivity index (χ0n) is 17.9. The molecule has 0 aliphatic carbocycles. The number of benzene rings is 3. The average molecular weight is 478 g/mol. The minimum atomic E-state index is -3.93. The second kappa shape index (κ2) is 8.13. The summed E-state index contributed by atoms with van der Waals surface area (Å²) in [6.07, 6.45) is 0. The highest BCUT2D eigenvalue weighted by molar-refractivity contribution is 7.91. The predicted molar refractivity (Wildman–Crippen MR) is 129 cm³/mol. The maximum absolute atomic E-state index is 13.4. The number of nitrogens with zero attached hydrogens (tertiary/aromatic N) is 4. The van der Waals surface area contributed by atoms with E-state index in [4.69, 9.17) is 11.6 Å². The van der Waals surface area contributed by atoms with Crippen molar-refractivity contribution in [3.63, 3.8) is 0 Å².